The van der Waals surface area contributed by atoms with Crippen molar-refractivity contribution in [3.05, 3.63) is 47.5 Å². The van der Waals surface area contributed by atoms with Crippen molar-refractivity contribution < 1.29 is 9.18 Å². The zero-order chi connectivity index (χ0) is 19.9. The predicted molar refractivity (Wildman–Crippen MR) is 106 cm³/mol. The number of amides is 1. The first-order valence-corrected chi connectivity index (χ1v) is 10.0. The quantitative estimate of drug-likeness (QED) is 0.747. The van der Waals surface area contributed by atoms with Crippen LogP contribution in [0.2, 0.25) is 0 Å². The molecule has 0 spiro atoms. The second-order valence-corrected chi connectivity index (χ2v) is 7.09. The van der Waals surface area contributed by atoms with Crippen LogP contribution < -0.4 is 5.32 Å². The van der Waals surface area contributed by atoms with Crippen molar-refractivity contribution in [1.82, 2.24) is 30.1 Å². The van der Waals surface area contributed by atoms with Crippen molar-refractivity contribution in [1.29, 1.82) is 0 Å². The minimum atomic E-state index is -0.270. The highest BCUT2D eigenvalue weighted by Gasteiger charge is 2.18. The molecule has 28 heavy (non-hydrogen) atoms. The van der Waals surface area contributed by atoms with Crippen LogP contribution in [0.4, 0.5) is 4.39 Å². The van der Waals surface area contributed by atoms with Crippen LogP contribution >= 0.6 is 0 Å². The van der Waals surface area contributed by atoms with E-state index in [1.54, 1.807) is 23.0 Å². The van der Waals surface area contributed by atoms with Crippen molar-refractivity contribution in [3.8, 4) is 0 Å². The first kappa shape index (κ1) is 20.4. The largest absolute Gasteiger partial charge is 0.349 e. The van der Waals surface area contributed by atoms with Gasteiger partial charge in [0.05, 0.1) is 12.2 Å². The van der Waals surface area contributed by atoms with E-state index in [1.807, 2.05) is 6.92 Å². The van der Waals surface area contributed by atoms with Gasteiger partial charge in [0.15, 0.2) is 5.69 Å². The first-order chi connectivity index (χ1) is 13.6. The maximum atomic E-state index is 13.2. The number of nitrogens with one attached hydrogen (secondary N) is 1. The molecule has 1 aromatic carbocycles. The smallest absolute Gasteiger partial charge is 0.273 e. The van der Waals surface area contributed by atoms with Gasteiger partial charge in [0.2, 0.25) is 0 Å². The second kappa shape index (κ2) is 9.75. The number of carbonyl (C=O) groups excluding carboxylic acids is 1. The third-order valence-electron chi connectivity index (χ3n) is 5.33. The molecule has 1 fully saturated rings. The van der Waals surface area contributed by atoms with E-state index < -0.39 is 0 Å². The van der Waals surface area contributed by atoms with Gasteiger partial charge in [-0.2, -0.15) is 0 Å². The van der Waals surface area contributed by atoms with E-state index in [2.05, 4.69) is 32.4 Å². The molecule has 8 heteroatoms. The summed E-state index contributed by atoms with van der Waals surface area (Å²) >= 11 is 0. The summed E-state index contributed by atoms with van der Waals surface area (Å²) in [5.74, 6) is -0.485. The van der Waals surface area contributed by atoms with Gasteiger partial charge in [0, 0.05) is 39.3 Å². The molecule has 7 nitrogen and oxygen atoms in total. The van der Waals surface area contributed by atoms with Crippen LogP contribution in [-0.4, -0.2) is 76.5 Å². The highest BCUT2D eigenvalue weighted by atomic mass is 19.1. The number of hydrogen-bond acceptors (Lipinski definition) is 5. The summed E-state index contributed by atoms with van der Waals surface area (Å²) in [6.07, 6.45) is 2.42. The van der Waals surface area contributed by atoms with Crippen molar-refractivity contribution in [3.63, 3.8) is 0 Å². The Morgan fingerprint density at radius 2 is 1.82 bits per heavy atom. The van der Waals surface area contributed by atoms with Crippen LogP contribution in [0.15, 0.2) is 30.5 Å². The number of piperazine rings is 1. The van der Waals surface area contributed by atoms with Gasteiger partial charge in [-0.3, -0.25) is 9.69 Å². The SMILES string of the molecule is CCC(c1ccc(F)cc1)n1cc(C(=O)NCCN2CCN(CC)CC2)nn1. The van der Waals surface area contributed by atoms with Gasteiger partial charge >= 0.3 is 0 Å². The lowest BCUT2D eigenvalue weighted by atomic mass is 10.0. The average Bonchev–Trinajstić information content (AvgIpc) is 3.20. The van der Waals surface area contributed by atoms with Crippen molar-refractivity contribution in [2.75, 3.05) is 45.8 Å². The van der Waals surface area contributed by atoms with Crippen LogP contribution in [0.1, 0.15) is 42.4 Å². The number of halogens is 1. The van der Waals surface area contributed by atoms with Crippen LogP contribution in [0.5, 0.6) is 0 Å². The number of aromatic nitrogens is 3. The summed E-state index contributed by atoms with van der Waals surface area (Å²) in [5.41, 5.74) is 1.24. The molecule has 1 aliphatic heterocycles. The monoisotopic (exact) mass is 388 g/mol. The Hall–Kier alpha value is -2.32. The number of nitrogens with zero attached hydrogens (tertiary/aromatic N) is 5. The standard InChI is InChI=1S/C20H29FN6O/c1-3-19(16-5-7-17(21)8-6-16)27-15-18(23-24-27)20(28)22-9-10-26-13-11-25(4-2)12-14-26/h5-8,15,19H,3-4,9-14H2,1-2H3,(H,22,28). The van der Waals surface area contributed by atoms with Crippen LogP contribution in [0.25, 0.3) is 0 Å². The molecule has 1 saturated heterocycles. The molecule has 0 bridgehead atoms. The highest BCUT2D eigenvalue weighted by Crippen LogP contribution is 2.21. The fourth-order valence-electron chi connectivity index (χ4n) is 3.54. The molecule has 3 rings (SSSR count). The normalized spacial score (nSPS) is 16.8. The average molecular weight is 388 g/mol. The van der Waals surface area contributed by atoms with Gasteiger partial charge in [0.1, 0.15) is 5.82 Å². The van der Waals surface area contributed by atoms with E-state index in [9.17, 15) is 9.18 Å². The molecule has 2 heterocycles. The van der Waals surface area contributed by atoms with Crippen molar-refractivity contribution in [2.24, 2.45) is 0 Å². The lowest BCUT2D eigenvalue weighted by Crippen LogP contribution is -2.48. The molecule has 1 N–H and O–H groups in total. The Balaban J connectivity index is 1.51. The minimum Gasteiger partial charge on any atom is -0.349 e. The summed E-state index contributed by atoms with van der Waals surface area (Å²) < 4.78 is 14.8. The Labute approximate surface area is 165 Å². The molecule has 1 aromatic heterocycles. The Kier molecular flexibility index (Phi) is 7.11. The molecule has 0 aliphatic carbocycles. The van der Waals surface area contributed by atoms with Gasteiger partial charge < -0.3 is 10.2 Å². The zero-order valence-electron chi connectivity index (χ0n) is 16.6. The second-order valence-electron chi connectivity index (χ2n) is 7.09. The Morgan fingerprint density at radius 1 is 1.14 bits per heavy atom. The van der Waals surface area contributed by atoms with E-state index in [1.165, 1.54) is 12.1 Å². The summed E-state index contributed by atoms with van der Waals surface area (Å²) in [4.78, 5) is 17.2. The lowest BCUT2D eigenvalue weighted by Gasteiger charge is -2.33. The molecule has 1 aliphatic rings. The van der Waals surface area contributed by atoms with Crippen LogP contribution in [0.3, 0.4) is 0 Å². The summed E-state index contributed by atoms with van der Waals surface area (Å²) in [6, 6.07) is 6.27. The molecule has 2 aromatic rings. The van der Waals surface area contributed by atoms with Crippen molar-refractivity contribution in [2.45, 2.75) is 26.3 Å². The summed E-state index contributed by atoms with van der Waals surface area (Å²) in [5, 5.41) is 11.1. The molecule has 152 valence electrons. The fourth-order valence-corrected chi connectivity index (χ4v) is 3.54. The summed E-state index contributed by atoms with van der Waals surface area (Å²) in [6.45, 7) is 11.0. The molecule has 0 saturated carbocycles. The molecule has 1 unspecified atom stereocenters. The van der Waals surface area contributed by atoms with Gasteiger partial charge in [-0.05, 0) is 30.7 Å². The van der Waals surface area contributed by atoms with Gasteiger partial charge in [0.25, 0.3) is 5.91 Å². The Bertz CT molecular complexity index is 754. The fraction of sp³-hybridized carbons (Fsp3) is 0.550. The van der Waals surface area contributed by atoms with Gasteiger partial charge in [-0.15, -0.1) is 5.10 Å². The number of likely N-dealkylation sites (N-methyl/N-ethyl adjacent to an activating group) is 1. The maximum Gasteiger partial charge on any atom is 0.273 e. The van der Waals surface area contributed by atoms with Gasteiger partial charge in [-0.25, -0.2) is 9.07 Å². The van der Waals surface area contributed by atoms with Crippen LogP contribution in [0, 0.1) is 5.82 Å². The number of hydrogen-bond donors (Lipinski definition) is 1. The van der Waals surface area contributed by atoms with Crippen molar-refractivity contribution >= 4 is 5.91 Å². The summed E-state index contributed by atoms with van der Waals surface area (Å²) in [7, 11) is 0. The van der Waals surface area contributed by atoms with E-state index in [0.29, 0.717) is 12.2 Å². The van der Waals surface area contributed by atoms with E-state index in [0.717, 1.165) is 51.3 Å². The molecule has 0 radical (unpaired) electrons. The third kappa shape index (κ3) is 5.14. The number of rotatable bonds is 8. The highest BCUT2D eigenvalue weighted by molar-refractivity contribution is 5.91. The predicted octanol–water partition coefficient (Wildman–Crippen LogP) is 1.78. The number of benzene rings is 1. The molecule has 1 amide bonds. The van der Waals surface area contributed by atoms with E-state index in [4.69, 9.17) is 0 Å². The zero-order valence-corrected chi connectivity index (χ0v) is 16.6. The Morgan fingerprint density at radius 3 is 2.46 bits per heavy atom. The lowest BCUT2D eigenvalue weighted by molar-refractivity contribution is 0.0933. The van der Waals surface area contributed by atoms with E-state index >= 15 is 0 Å². The first-order valence-electron chi connectivity index (χ1n) is 10.0. The molecular formula is C20H29FN6O. The molecule has 1 atom stereocenters. The number of carbonyl (C=O) groups is 1. The molecular weight excluding hydrogens is 359 g/mol. The van der Waals surface area contributed by atoms with Crippen LogP contribution in [-0.2, 0) is 0 Å². The third-order valence-corrected chi connectivity index (χ3v) is 5.33. The minimum absolute atomic E-state index is 0.0792. The van der Waals surface area contributed by atoms with Gasteiger partial charge in [-0.1, -0.05) is 31.2 Å². The maximum absolute atomic E-state index is 13.2. The van der Waals surface area contributed by atoms with E-state index in [-0.39, 0.29) is 17.8 Å². The topological polar surface area (TPSA) is 66.3 Å².